The van der Waals surface area contributed by atoms with E-state index in [0.29, 0.717) is 0 Å². The molecular formula is C4H5NO2Se. The molecule has 0 aliphatic heterocycles. The Morgan fingerprint density at radius 1 is 2.00 bits per heavy atom. The average molecular weight is 178 g/mol. The molecule has 0 bridgehead atoms. The summed E-state index contributed by atoms with van der Waals surface area (Å²) in [5.41, 5.74) is 0. The minimum absolute atomic E-state index is 0.397. The van der Waals surface area contributed by atoms with Crippen LogP contribution in [0.2, 0.25) is 4.82 Å². The quantitative estimate of drug-likeness (QED) is 0.608. The molecule has 0 aliphatic rings. The van der Waals surface area contributed by atoms with Gasteiger partial charge in [-0.1, -0.05) is 0 Å². The van der Waals surface area contributed by atoms with Gasteiger partial charge in [0.05, 0.1) is 0 Å². The van der Waals surface area contributed by atoms with E-state index in [1.54, 1.807) is 0 Å². The van der Waals surface area contributed by atoms with Crippen molar-refractivity contribution >= 4 is 20.9 Å². The van der Waals surface area contributed by atoms with Crippen molar-refractivity contribution in [3.8, 4) is 4.97 Å². The molecule has 0 radical (unpaired) electrons. The third kappa shape index (κ3) is 2.62. The molecule has 4 heteroatoms. The third-order valence-electron chi connectivity index (χ3n) is 0.577. The molecule has 0 aromatic carbocycles. The fourth-order valence-electron chi connectivity index (χ4n) is 0.129. The van der Waals surface area contributed by atoms with Gasteiger partial charge in [-0.3, -0.25) is 0 Å². The standard InChI is InChI=1S/C4H5NO2Se/c1-3(4(6)7)8-2-5/h3H,1H3,(H,6,7)/t3-/m0/s1. The number of rotatable bonds is 2. The number of nitrogens with zero attached hydrogens (tertiary/aromatic N) is 1. The Morgan fingerprint density at radius 3 is 2.62 bits per heavy atom. The Labute approximate surface area is 53.5 Å². The molecular weight excluding hydrogens is 173 g/mol. The Balaban J connectivity index is 3.52. The molecule has 0 saturated heterocycles. The molecule has 0 saturated carbocycles. The summed E-state index contributed by atoms with van der Waals surface area (Å²) in [5.74, 6) is -0.883. The van der Waals surface area contributed by atoms with E-state index in [1.807, 2.05) is 4.97 Å². The molecule has 0 spiro atoms. The van der Waals surface area contributed by atoms with E-state index >= 15 is 0 Å². The van der Waals surface area contributed by atoms with Gasteiger partial charge in [0, 0.05) is 0 Å². The van der Waals surface area contributed by atoms with Crippen molar-refractivity contribution < 1.29 is 9.90 Å². The SMILES string of the molecule is C[C@H]([Se]C#N)C(=O)O. The molecule has 0 rings (SSSR count). The van der Waals surface area contributed by atoms with Gasteiger partial charge in [0.25, 0.3) is 0 Å². The van der Waals surface area contributed by atoms with Crippen LogP contribution in [-0.2, 0) is 4.79 Å². The molecule has 0 aromatic rings. The van der Waals surface area contributed by atoms with Crippen LogP contribution in [0.4, 0.5) is 0 Å². The fraction of sp³-hybridized carbons (Fsp3) is 0.500. The molecule has 0 unspecified atom stereocenters. The number of nitriles is 1. The van der Waals surface area contributed by atoms with Gasteiger partial charge in [0.1, 0.15) is 0 Å². The number of carboxylic acids is 1. The van der Waals surface area contributed by atoms with E-state index in [-0.39, 0.29) is 0 Å². The summed E-state index contributed by atoms with van der Waals surface area (Å²) < 4.78 is 0. The molecule has 1 atom stereocenters. The van der Waals surface area contributed by atoms with E-state index in [9.17, 15) is 4.79 Å². The number of carbonyl (C=O) groups is 1. The molecule has 3 nitrogen and oxygen atoms in total. The fourth-order valence-corrected chi connectivity index (χ4v) is 0.673. The Hall–Kier alpha value is -0.521. The van der Waals surface area contributed by atoms with Gasteiger partial charge in [-0.05, 0) is 0 Å². The van der Waals surface area contributed by atoms with Crippen molar-refractivity contribution in [3.05, 3.63) is 0 Å². The third-order valence-corrected chi connectivity index (χ3v) is 1.96. The molecule has 8 heavy (non-hydrogen) atoms. The zero-order valence-electron chi connectivity index (χ0n) is 4.29. The molecule has 0 amide bonds. The van der Waals surface area contributed by atoms with Crippen LogP contribution in [-0.4, -0.2) is 26.0 Å². The summed E-state index contributed by atoms with van der Waals surface area (Å²) in [7, 11) is 0. The van der Waals surface area contributed by atoms with Crippen LogP contribution in [0.3, 0.4) is 0 Å². The summed E-state index contributed by atoms with van der Waals surface area (Å²) in [4.78, 5) is 11.3. The first-order chi connectivity index (χ1) is 3.68. The van der Waals surface area contributed by atoms with E-state index < -0.39 is 25.7 Å². The van der Waals surface area contributed by atoms with Crippen LogP contribution < -0.4 is 0 Å². The molecule has 44 valence electrons. The van der Waals surface area contributed by atoms with Crippen molar-refractivity contribution in [1.82, 2.24) is 0 Å². The second kappa shape index (κ2) is 3.48. The summed E-state index contributed by atoms with van der Waals surface area (Å²) in [5, 5.41) is 16.2. The molecule has 0 fully saturated rings. The molecule has 0 aliphatic carbocycles. The molecule has 1 N–H and O–H groups in total. The van der Waals surface area contributed by atoms with Crippen LogP contribution in [0.5, 0.6) is 0 Å². The zero-order valence-corrected chi connectivity index (χ0v) is 6.00. The zero-order chi connectivity index (χ0) is 6.57. The minimum atomic E-state index is -0.883. The summed E-state index contributed by atoms with van der Waals surface area (Å²) >= 11 is -0.397. The van der Waals surface area contributed by atoms with Crippen LogP contribution >= 0.6 is 0 Å². The van der Waals surface area contributed by atoms with Gasteiger partial charge in [-0.2, -0.15) is 0 Å². The number of aliphatic carboxylic acids is 1. The Morgan fingerprint density at radius 2 is 2.50 bits per heavy atom. The van der Waals surface area contributed by atoms with Crippen molar-refractivity contribution in [2.45, 2.75) is 11.7 Å². The van der Waals surface area contributed by atoms with E-state index in [4.69, 9.17) is 10.4 Å². The van der Waals surface area contributed by atoms with Crippen LogP contribution in [0.1, 0.15) is 6.92 Å². The predicted octanol–water partition coefficient (Wildman–Crippen LogP) is 0.0647. The topological polar surface area (TPSA) is 61.1 Å². The van der Waals surface area contributed by atoms with Crippen LogP contribution in [0.25, 0.3) is 0 Å². The number of hydrogen-bond donors (Lipinski definition) is 1. The molecule has 0 aromatic heterocycles. The van der Waals surface area contributed by atoms with E-state index in [0.717, 1.165) is 0 Å². The normalized spacial score (nSPS) is 12.0. The van der Waals surface area contributed by atoms with Crippen molar-refractivity contribution in [2.24, 2.45) is 0 Å². The van der Waals surface area contributed by atoms with Crippen LogP contribution in [0, 0.1) is 10.2 Å². The van der Waals surface area contributed by atoms with E-state index in [1.165, 1.54) is 6.92 Å². The van der Waals surface area contributed by atoms with Gasteiger partial charge < -0.3 is 0 Å². The number of hydrogen-bond acceptors (Lipinski definition) is 2. The number of carboxylic acid groups (broad SMARTS) is 1. The van der Waals surface area contributed by atoms with Crippen molar-refractivity contribution in [2.75, 3.05) is 0 Å². The maximum atomic E-state index is 9.95. The maximum absolute atomic E-state index is 9.95. The second-order valence-electron chi connectivity index (χ2n) is 1.19. The Kier molecular flexibility index (Phi) is 3.25. The van der Waals surface area contributed by atoms with Crippen molar-refractivity contribution in [1.29, 1.82) is 5.26 Å². The first-order valence-electron chi connectivity index (χ1n) is 1.96. The summed E-state index contributed by atoms with van der Waals surface area (Å²) in [6.07, 6.45) is 0. The average Bonchev–Trinajstić information content (AvgIpc) is 1.67. The van der Waals surface area contributed by atoms with Gasteiger partial charge >= 0.3 is 52.8 Å². The van der Waals surface area contributed by atoms with Gasteiger partial charge in [0.15, 0.2) is 0 Å². The van der Waals surface area contributed by atoms with Gasteiger partial charge in [0.2, 0.25) is 0 Å². The first-order valence-corrected chi connectivity index (χ1v) is 3.80. The van der Waals surface area contributed by atoms with Gasteiger partial charge in [-0.25, -0.2) is 0 Å². The predicted molar refractivity (Wildman–Crippen MR) is 28.4 cm³/mol. The Bertz CT molecular complexity index is 128. The second-order valence-corrected chi connectivity index (χ2v) is 3.55. The van der Waals surface area contributed by atoms with Crippen LogP contribution in [0.15, 0.2) is 0 Å². The first kappa shape index (κ1) is 7.48. The molecule has 0 heterocycles. The van der Waals surface area contributed by atoms with Crippen molar-refractivity contribution in [3.63, 3.8) is 0 Å². The summed E-state index contributed by atoms with van der Waals surface area (Å²) in [6, 6.07) is 0. The van der Waals surface area contributed by atoms with Gasteiger partial charge in [-0.15, -0.1) is 0 Å². The summed E-state index contributed by atoms with van der Waals surface area (Å²) in [6.45, 7) is 1.53. The van der Waals surface area contributed by atoms with E-state index in [2.05, 4.69) is 0 Å². The monoisotopic (exact) mass is 179 g/mol.